The van der Waals surface area contributed by atoms with Crippen LogP contribution in [-0.2, 0) is 10.5 Å². The summed E-state index contributed by atoms with van der Waals surface area (Å²) in [5.74, 6) is 1.32. The number of hydrogen-bond donors (Lipinski definition) is 0. The van der Waals surface area contributed by atoms with Gasteiger partial charge >= 0.3 is 0 Å². The van der Waals surface area contributed by atoms with E-state index >= 15 is 0 Å². The number of hydrogen-bond acceptors (Lipinski definition) is 5. The third-order valence-corrected chi connectivity index (χ3v) is 6.59. The third kappa shape index (κ3) is 4.39. The minimum Gasteiger partial charge on any atom is -0.495 e. The lowest BCUT2D eigenvalue weighted by Crippen LogP contribution is -2.23. The molecule has 0 saturated carbocycles. The summed E-state index contributed by atoms with van der Waals surface area (Å²) < 4.78 is 5.42. The Morgan fingerprint density at radius 1 is 1.18 bits per heavy atom. The zero-order valence-electron chi connectivity index (χ0n) is 16.8. The van der Waals surface area contributed by atoms with Crippen molar-refractivity contribution in [3.05, 3.63) is 64.2 Å². The van der Waals surface area contributed by atoms with Crippen LogP contribution in [0, 0.1) is 20.8 Å². The van der Waals surface area contributed by atoms with E-state index in [1.54, 1.807) is 30.7 Å². The van der Waals surface area contributed by atoms with Gasteiger partial charge in [-0.2, -0.15) is 0 Å². The molecule has 0 bridgehead atoms. The fourth-order valence-corrected chi connectivity index (χ4v) is 5.23. The normalized spacial score (nSPS) is 10.8. The summed E-state index contributed by atoms with van der Waals surface area (Å²) in [4.78, 5) is 20.0. The molecule has 3 rings (SSSR count). The molecular weight excluding hydrogens is 388 g/mol. The van der Waals surface area contributed by atoms with Gasteiger partial charge in [-0.1, -0.05) is 29.8 Å². The van der Waals surface area contributed by atoms with E-state index in [2.05, 4.69) is 32.9 Å². The number of para-hydroxylation sites is 2. The van der Waals surface area contributed by atoms with Gasteiger partial charge in [-0.15, -0.1) is 23.1 Å². The van der Waals surface area contributed by atoms with Gasteiger partial charge in [-0.05, 0) is 44.0 Å². The minimum atomic E-state index is -0.0942. The summed E-state index contributed by atoms with van der Waals surface area (Å²) in [7, 11) is 1.60. The molecule has 4 nitrogen and oxygen atoms in total. The van der Waals surface area contributed by atoms with E-state index in [1.807, 2.05) is 29.6 Å². The lowest BCUT2D eigenvalue weighted by atomic mass is 10.1. The lowest BCUT2D eigenvalue weighted by molar-refractivity contribution is -0.115. The van der Waals surface area contributed by atoms with Crippen molar-refractivity contribution in [3.63, 3.8) is 0 Å². The number of methoxy groups -OCH3 is 1. The highest BCUT2D eigenvalue weighted by molar-refractivity contribution is 7.98. The Kier molecular flexibility index (Phi) is 6.42. The van der Waals surface area contributed by atoms with Crippen molar-refractivity contribution < 1.29 is 9.53 Å². The number of ether oxygens (including phenoxy) is 1. The van der Waals surface area contributed by atoms with Crippen molar-refractivity contribution in [1.82, 2.24) is 4.98 Å². The number of thioether (sulfide) groups is 1. The monoisotopic (exact) mass is 412 g/mol. The van der Waals surface area contributed by atoms with Crippen molar-refractivity contribution in [2.24, 2.45) is 0 Å². The Bertz CT molecular complexity index is 975. The van der Waals surface area contributed by atoms with E-state index in [0.717, 1.165) is 11.4 Å². The van der Waals surface area contributed by atoms with Crippen LogP contribution in [0.5, 0.6) is 5.75 Å². The Morgan fingerprint density at radius 3 is 2.50 bits per heavy atom. The number of carbonyl (C=O) groups is 1. The van der Waals surface area contributed by atoms with Gasteiger partial charge in [0.05, 0.1) is 18.5 Å². The Hall–Kier alpha value is -2.31. The van der Waals surface area contributed by atoms with Crippen LogP contribution in [0.2, 0.25) is 0 Å². The second kappa shape index (κ2) is 8.80. The molecule has 0 atom stereocenters. The summed E-state index contributed by atoms with van der Waals surface area (Å²) in [5.41, 5.74) is 5.53. The maximum Gasteiger partial charge on any atom is 0.230 e. The smallest absolute Gasteiger partial charge is 0.230 e. The number of nitrogens with zero attached hydrogens (tertiary/aromatic N) is 2. The van der Waals surface area contributed by atoms with Gasteiger partial charge in [0.15, 0.2) is 5.13 Å². The molecule has 0 spiro atoms. The molecule has 0 aliphatic heterocycles. The van der Waals surface area contributed by atoms with Gasteiger partial charge in [0, 0.05) is 23.0 Å². The molecule has 0 unspecified atom stereocenters. The molecule has 0 aliphatic carbocycles. The van der Waals surface area contributed by atoms with E-state index in [0.29, 0.717) is 16.6 Å². The topological polar surface area (TPSA) is 42.4 Å². The molecule has 6 heteroatoms. The van der Waals surface area contributed by atoms with Crippen molar-refractivity contribution in [2.75, 3.05) is 12.0 Å². The summed E-state index contributed by atoms with van der Waals surface area (Å²) in [6.45, 7) is 7.96. The van der Waals surface area contributed by atoms with Crippen LogP contribution in [0.3, 0.4) is 0 Å². The first-order valence-corrected chi connectivity index (χ1v) is 10.9. The van der Waals surface area contributed by atoms with Gasteiger partial charge in [-0.3, -0.25) is 9.69 Å². The average molecular weight is 413 g/mol. The number of thiazole rings is 1. The number of aryl methyl sites for hydroxylation is 3. The molecule has 3 aromatic rings. The maximum absolute atomic E-state index is 12.4. The number of aromatic nitrogens is 1. The van der Waals surface area contributed by atoms with Crippen LogP contribution in [0.15, 0.2) is 46.7 Å². The predicted molar refractivity (Wildman–Crippen MR) is 118 cm³/mol. The first kappa shape index (κ1) is 20.4. The average Bonchev–Trinajstić information content (AvgIpc) is 3.09. The largest absolute Gasteiger partial charge is 0.495 e. The van der Waals surface area contributed by atoms with E-state index < -0.39 is 0 Å². The molecular formula is C22H24N2O2S2. The number of amides is 1. The fourth-order valence-electron chi connectivity index (χ4n) is 3.23. The van der Waals surface area contributed by atoms with E-state index in [-0.39, 0.29) is 5.91 Å². The highest BCUT2D eigenvalue weighted by atomic mass is 32.2. The number of carbonyl (C=O) groups excluding carboxylic acids is 1. The zero-order valence-corrected chi connectivity index (χ0v) is 18.4. The number of rotatable bonds is 6. The van der Waals surface area contributed by atoms with Crippen LogP contribution in [-0.4, -0.2) is 18.0 Å². The van der Waals surface area contributed by atoms with Gasteiger partial charge in [-0.25, -0.2) is 4.98 Å². The standard InChI is InChI=1S/C22H24N2O2S2/c1-14-10-15(2)21(16(3)11-14)27-12-18-13-28-22(23-18)24(17(4)25)19-8-6-7-9-20(19)26-5/h6-11,13H,12H2,1-5H3. The van der Waals surface area contributed by atoms with Crippen LogP contribution in [0.4, 0.5) is 10.8 Å². The predicted octanol–water partition coefficient (Wildman–Crippen LogP) is 6.05. The van der Waals surface area contributed by atoms with E-state index in [4.69, 9.17) is 9.72 Å². The molecule has 0 saturated heterocycles. The summed E-state index contributed by atoms with van der Waals surface area (Å²) in [5, 5.41) is 2.68. The van der Waals surface area contributed by atoms with E-state index in [9.17, 15) is 4.79 Å². The Labute approximate surface area is 174 Å². The van der Waals surface area contributed by atoms with Crippen molar-refractivity contribution in [2.45, 2.75) is 38.3 Å². The first-order chi connectivity index (χ1) is 13.4. The molecule has 28 heavy (non-hydrogen) atoms. The summed E-state index contributed by atoms with van der Waals surface area (Å²) >= 11 is 3.26. The summed E-state index contributed by atoms with van der Waals surface area (Å²) in [6, 6.07) is 11.9. The second-order valence-corrected chi connectivity index (χ2v) is 8.49. The Morgan fingerprint density at radius 2 is 1.86 bits per heavy atom. The lowest BCUT2D eigenvalue weighted by Gasteiger charge is -2.20. The van der Waals surface area contributed by atoms with E-state index in [1.165, 1.54) is 32.9 Å². The summed E-state index contributed by atoms with van der Waals surface area (Å²) in [6.07, 6.45) is 0. The second-order valence-electron chi connectivity index (χ2n) is 6.66. The molecule has 0 radical (unpaired) electrons. The van der Waals surface area contributed by atoms with Crippen LogP contribution in [0.1, 0.15) is 29.3 Å². The highest BCUT2D eigenvalue weighted by Crippen LogP contribution is 2.37. The quantitative estimate of drug-likeness (QED) is 0.462. The molecule has 1 aromatic heterocycles. The molecule has 1 heterocycles. The molecule has 1 amide bonds. The molecule has 0 fully saturated rings. The third-order valence-electron chi connectivity index (χ3n) is 4.34. The SMILES string of the molecule is COc1ccccc1N(C(C)=O)c1nc(CSc2c(C)cc(C)cc2C)cs1. The van der Waals surface area contributed by atoms with Gasteiger partial charge in [0.2, 0.25) is 5.91 Å². The van der Waals surface area contributed by atoms with Gasteiger partial charge in [0.25, 0.3) is 0 Å². The van der Waals surface area contributed by atoms with Crippen molar-refractivity contribution >= 4 is 39.8 Å². The zero-order chi connectivity index (χ0) is 20.3. The minimum absolute atomic E-state index is 0.0942. The highest BCUT2D eigenvalue weighted by Gasteiger charge is 2.21. The van der Waals surface area contributed by atoms with Crippen LogP contribution in [0.25, 0.3) is 0 Å². The first-order valence-electron chi connectivity index (χ1n) is 8.99. The number of benzene rings is 2. The van der Waals surface area contributed by atoms with Crippen molar-refractivity contribution in [1.29, 1.82) is 0 Å². The molecule has 146 valence electrons. The molecule has 0 N–H and O–H groups in total. The van der Waals surface area contributed by atoms with Crippen LogP contribution >= 0.6 is 23.1 Å². The fraction of sp³-hybridized carbons (Fsp3) is 0.273. The maximum atomic E-state index is 12.4. The Balaban J connectivity index is 1.83. The van der Waals surface area contributed by atoms with Gasteiger partial charge < -0.3 is 4.74 Å². The van der Waals surface area contributed by atoms with Crippen LogP contribution < -0.4 is 9.64 Å². The van der Waals surface area contributed by atoms with Gasteiger partial charge in [0.1, 0.15) is 5.75 Å². The number of anilines is 2. The van der Waals surface area contributed by atoms with Crippen molar-refractivity contribution in [3.8, 4) is 5.75 Å². The molecule has 0 aliphatic rings. The molecule has 2 aromatic carbocycles.